The number of hydrogen-bond donors (Lipinski definition) is 2. The fourth-order valence-electron chi connectivity index (χ4n) is 5.98. The topological polar surface area (TPSA) is 108 Å². The van der Waals surface area contributed by atoms with E-state index in [2.05, 4.69) is 16.3 Å². The third-order valence-corrected chi connectivity index (χ3v) is 10.3. The lowest BCUT2D eigenvalue weighted by Gasteiger charge is -2.43. The molecule has 1 spiro atoms. The number of nitrogens with zero attached hydrogens (tertiary/aromatic N) is 2. The van der Waals surface area contributed by atoms with Gasteiger partial charge in [0.1, 0.15) is 22.4 Å². The van der Waals surface area contributed by atoms with Crippen LogP contribution in [0.4, 0.5) is 0 Å². The fraction of sp³-hybridized carbons (Fsp3) is 0.552. The third-order valence-electron chi connectivity index (χ3n) is 8.38. The molecule has 5 rings (SSSR count). The average molecular weight is 558 g/mol. The number of fused-ring (bicyclic) bond motifs is 2. The van der Waals surface area contributed by atoms with E-state index in [9.17, 15) is 18.3 Å². The molecule has 2 aromatic rings. The molecule has 3 aliphatic heterocycles. The van der Waals surface area contributed by atoms with Crippen LogP contribution in [0.1, 0.15) is 56.6 Å². The van der Waals surface area contributed by atoms with Crippen LogP contribution in [-0.4, -0.2) is 79.7 Å². The first-order valence-corrected chi connectivity index (χ1v) is 15.2. The molecule has 0 saturated carbocycles. The molecule has 2 N–H and O–H groups in total. The number of rotatable bonds is 4. The number of benzene rings is 2. The van der Waals surface area contributed by atoms with E-state index in [1.54, 1.807) is 25.3 Å². The van der Waals surface area contributed by atoms with Crippen LogP contribution >= 0.6 is 0 Å². The average Bonchev–Trinajstić information content (AvgIpc) is 3.32. The van der Waals surface area contributed by atoms with Crippen molar-refractivity contribution in [1.82, 2.24) is 14.5 Å². The zero-order valence-electron chi connectivity index (χ0n) is 22.9. The molecule has 9 nitrogen and oxygen atoms in total. The van der Waals surface area contributed by atoms with Crippen molar-refractivity contribution in [2.75, 3.05) is 33.4 Å². The molecule has 2 fully saturated rings. The lowest BCUT2D eigenvalue weighted by Crippen LogP contribution is -2.59. The molecule has 0 bridgehead atoms. The molecule has 1 amide bonds. The largest absolute Gasteiger partial charge is 0.496 e. The van der Waals surface area contributed by atoms with E-state index >= 15 is 0 Å². The van der Waals surface area contributed by atoms with Crippen molar-refractivity contribution in [3.05, 3.63) is 53.6 Å². The van der Waals surface area contributed by atoms with Crippen LogP contribution in [0.15, 0.2) is 47.4 Å². The molecule has 0 aromatic heterocycles. The number of hydrogen-bond acceptors (Lipinski definition) is 7. The molecule has 39 heavy (non-hydrogen) atoms. The Hall–Kier alpha value is -2.66. The summed E-state index contributed by atoms with van der Waals surface area (Å²) in [5, 5.41) is 13.7. The van der Waals surface area contributed by atoms with Gasteiger partial charge in [-0.25, -0.2) is 8.42 Å². The molecule has 3 aliphatic rings. The zero-order valence-corrected chi connectivity index (χ0v) is 23.7. The van der Waals surface area contributed by atoms with Crippen molar-refractivity contribution in [2.24, 2.45) is 0 Å². The number of nitrogens with one attached hydrogen (secondary N) is 1. The number of ether oxygens (including phenoxy) is 2. The zero-order chi connectivity index (χ0) is 27.8. The van der Waals surface area contributed by atoms with E-state index in [4.69, 9.17) is 9.47 Å². The second kappa shape index (κ2) is 11.1. The lowest BCUT2D eigenvalue weighted by atomic mass is 9.84. The van der Waals surface area contributed by atoms with E-state index < -0.39 is 27.7 Å². The summed E-state index contributed by atoms with van der Waals surface area (Å²) in [5.41, 5.74) is 1.56. The second-order valence-corrected chi connectivity index (χ2v) is 13.2. The van der Waals surface area contributed by atoms with Gasteiger partial charge in [0.05, 0.1) is 19.8 Å². The van der Waals surface area contributed by atoms with Crippen LogP contribution in [0.25, 0.3) is 0 Å². The quantitative estimate of drug-likeness (QED) is 0.595. The number of likely N-dealkylation sites (tertiary alicyclic amines) is 1. The highest BCUT2D eigenvalue weighted by Gasteiger charge is 2.47. The van der Waals surface area contributed by atoms with Crippen LogP contribution in [-0.2, 0) is 21.4 Å². The maximum absolute atomic E-state index is 13.8. The normalized spacial score (nSPS) is 25.3. The van der Waals surface area contributed by atoms with Crippen molar-refractivity contribution in [2.45, 2.75) is 74.6 Å². The van der Waals surface area contributed by atoms with Crippen LogP contribution < -0.4 is 14.8 Å². The molecule has 0 aliphatic carbocycles. The van der Waals surface area contributed by atoms with Gasteiger partial charge in [0.2, 0.25) is 15.9 Å². The van der Waals surface area contributed by atoms with Gasteiger partial charge in [-0.05, 0) is 42.5 Å². The summed E-state index contributed by atoms with van der Waals surface area (Å²) >= 11 is 0. The van der Waals surface area contributed by atoms with Crippen LogP contribution in [0.2, 0.25) is 0 Å². The summed E-state index contributed by atoms with van der Waals surface area (Å²) in [6.45, 7) is 6.53. The van der Waals surface area contributed by atoms with Gasteiger partial charge in [0, 0.05) is 50.1 Å². The van der Waals surface area contributed by atoms with E-state index in [-0.39, 0.29) is 36.3 Å². The first-order valence-electron chi connectivity index (χ1n) is 13.7. The first kappa shape index (κ1) is 27.9. The van der Waals surface area contributed by atoms with E-state index in [0.717, 1.165) is 40.8 Å². The Balaban J connectivity index is 1.42. The highest BCUT2D eigenvalue weighted by atomic mass is 32.2. The van der Waals surface area contributed by atoms with Crippen molar-refractivity contribution in [1.29, 1.82) is 0 Å². The first-order chi connectivity index (χ1) is 18.6. The molecule has 2 saturated heterocycles. The molecule has 0 unspecified atom stereocenters. The number of aliphatic hydroxyl groups excluding tert-OH is 1. The van der Waals surface area contributed by atoms with Gasteiger partial charge in [-0.3, -0.25) is 9.69 Å². The molecule has 2 atom stereocenters. The molecular formula is C29H39N3O6S. The van der Waals surface area contributed by atoms with Gasteiger partial charge in [-0.15, -0.1) is 0 Å². The van der Waals surface area contributed by atoms with Gasteiger partial charge in [0.25, 0.3) is 0 Å². The van der Waals surface area contributed by atoms with Gasteiger partial charge < -0.3 is 19.9 Å². The second-order valence-electron chi connectivity index (χ2n) is 11.3. The smallest absolute Gasteiger partial charge is 0.247 e. The minimum absolute atomic E-state index is 0.0429. The van der Waals surface area contributed by atoms with E-state index in [1.807, 2.05) is 32.0 Å². The van der Waals surface area contributed by atoms with Crippen molar-refractivity contribution in [3.8, 4) is 11.5 Å². The number of amides is 1. The SMILES string of the molecule is COc1ccccc1CN1CCC2(CCOc3cc(C(C)C)ccc3S(=O)(=O)N3C[C@H](O)C[C@H]3C(=O)N2)CC1. The summed E-state index contributed by atoms with van der Waals surface area (Å²) in [6, 6.07) is 12.2. The molecule has 212 valence electrons. The maximum atomic E-state index is 13.8. The van der Waals surface area contributed by atoms with E-state index in [1.165, 1.54) is 0 Å². The highest BCUT2D eigenvalue weighted by molar-refractivity contribution is 7.89. The molecule has 3 heterocycles. The van der Waals surface area contributed by atoms with Crippen molar-refractivity contribution in [3.63, 3.8) is 0 Å². The van der Waals surface area contributed by atoms with Crippen LogP contribution in [0, 0.1) is 0 Å². The summed E-state index contributed by atoms with van der Waals surface area (Å²) in [6.07, 6.45) is 1.14. The predicted molar refractivity (Wildman–Crippen MR) is 147 cm³/mol. The standard InChI is InChI=1S/C29H39N3O6S/c1-20(2)21-8-9-27-26(16-21)38-15-12-29(30-28(34)24-17-23(33)19-32(24)39(27,35)36)10-13-31(14-11-29)18-22-6-4-5-7-25(22)37-3/h4-9,16,20,23-24,33H,10-15,17-19H2,1-3H3,(H,30,34)/t23-,24+/m1/s1. The Bertz CT molecular complexity index is 1310. The Morgan fingerprint density at radius 3 is 2.62 bits per heavy atom. The summed E-state index contributed by atoms with van der Waals surface area (Å²) < 4.78 is 40.4. The lowest BCUT2D eigenvalue weighted by molar-refractivity contribution is -0.127. The minimum Gasteiger partial charge on any atom is -0.496 e. The van der Waals surface area contributed by atoms with E-state index in [0.29, 0.717) is 25.0 Å². The van der Waals surface area contributed by atoms with Gasteiger partial charge in [-0.1, -0.05) is 38.1 Å². The summed E-state index contributed by atoms with van der Waals surface area (Å²) in [4.78, 5) is 16.0. The number of carbonyl (C=O) groups excluding carboxylic acids is 1. The molecular weight excluding hydrogens is 518 g/mol. The maximum Gasteiger partial charge on any atom is 0.247 e. The van der Waals surface area contributed by atoms with Gasteiger partial charge >= 0.3 is 0 Å². The van der Waals surface area contributed by atoms with Crippen molar-refractivity contribution < 1.29 is 27.8 Å². The highest BCUT2D eigenvalue weighted by Crippen LogP contribution is 2.37. The Labute approximate surface area is 231 Å². The Morgan fingerprint density at radius 1 is 1.15 bits per heavy atom. The number of carbonyl (C=O) groups is 1. The van der Waals surface area contributed by atoms with Crippen LogP contribution in [0.3, 0.4) is 0 Å². The minimum atomic E-state index is -4.07. The molecule has 2 aromatic carbocycles. The number of sulfonamides is 1. The number of methoxy groups -OCH3 is 1. The molecule has 10 heteroatoms. The van der Waals surface area contributed by atoms with Crippen molar-refractivity contribution >= 4 is 15.9 Å². The van der Waals surface area contributed by atoms with Gasteiger partial charge in [-0.2, -0.15) is 4.31 Å². The Morgan fingerprint density at radius 2 is 1.90 bits per heavy atom. The van der Waals surface area contributed by atoms with Crippen LogP contribution in [0.5, 0.6) is 11.5 Å². The number of para-hydroxylation sites is 1. The monoisotopic (exact) mass is 557 g/mol. The van der Waals surface area contributed by atoms with Gasteiger partial charge in [0.15, 0.2) is 0 Å². The summed E-state index contributed by atoms with van der Waals surface area (Å²) in [5.74, 6) is 1.01. The summed E-state index contributed by atoms with van der Waals surface area (Å²) in [7, 11) is -2.39. The Kier molecular flexibility index (Phi) is 7.92. The fourth-order valence-corrected chi connectivity index (χ4v) is 7.73. The molecule has 0 radical (unpaired) electrons. The number of aliphatic hydroxyl groups is 1. The number of piperidine rings is 1. The third kappa shape index (κ3) is 5.66. The predicted octanol–water partition coefficient (Wildman–Crippen LogP) is 2.88.